The van der Waals surface area contributed by atoms with Crippen molar-refractivity contribution in [2.45, 2.75) is 17.9 Å². The maximum Gasteiger partial charge on any atom is 0.263 e. The van der Waals surface area contributed by atoms with Crippen molar-refractivity contribution in [2.24, 2.45) is 4.99 Å². The van der Waals surface area contributed by atoms with Gasteiger partial charge in [-0.2, -0.15) is 0 Å². The van der Waals surface area contributed by atoms with Crippen molar-refractivity contribution in [3.63, 3.8) is 0 Å². The van der Waals surface area contributed by atoms with E-state index in [1.807, 2.05) is 24.3 Å². The van der Waals surface area contributed by atoms with Crippen molar-refractivity contribution in [3.05, 3.63) is 54.1 Å². The lowest BCUT2D eigenvalue weighted by Crippen LogP contribution is -2.51. The number of nitrogens with one attached hydrogen (secondary N) is 1. The molecule has 2 aromatic rings. The van der Waals surface area contributed by atoms with E-state index in [0.29, 0.717) is 18.7 Å². The summed E-state index contributed by atoms with van der Waals surface area (Å²) in [6.07, 6.45) is 0. The molecule has 0 spiro atoms. The van der Waals surface area contributed by atoms with Gasteiger partial charge in [-0.05, 0) is 43.3 Å². The average molecular weight is 429 g/mol. The van der Waals surface area contributed by atoms with Gasteiger partial charge < -0.3 is 14.5 Å². The first kappa shape index (κ1) is 20.2. The van der Waals surface area contributed by atoms with E-state index >= 15 is 0 Å². The van der Waals surface area contributed by atoms with Crippen LogP contribution in [-0.2, 0) is 14.8 Å². The zero-order valence-corrected chi connectivity index (χ0v) is 17.7. The Kier molecular flexibility index (Phi) is 5.38. The molecule has 1 amide bonds. The first-order valence-electron chi connectivity index (χ1n) is 9.77. The van der Waals surface area contributed by atoms with Crippen molar-refractivity contribution in [3.8, 4) is 5.75 Å². The summed E-state index contributed by atoms with van der Waals surface area (Å²) in [6, 6.07) is 13.8. The highest BCUT2D eigenvalue weighted by atomic mass is 32.2. The molecule has 0 bridgehead atoms. The summed E-state index contributed by atoms with van der Waals surface area (Å²) in [5, 5.41) is 0. The van der Waals surface area contributed by atoms with E-state index < -0.39 is 16.1 Å². The van der Waals surface area contributed by atoms with Crippen molar-refractivity contribution >= 4 is 27.5 Å². The van der Waals surface area contributed by atoms with Crippen LogP contribution in [0.3, 0.4) is 0 Å². The third-order valence-electron chi connectivity index (χ3n) is 5.37. The fourth-order valence-corrected chi connectivity index (χ4v) is 4.96. The number of rotatable bonds is 4. The number of nitrogens with zero attached hydrogens (tertiary/aromatic N) is 3. The lowest BCUT2D eigenvalue weighted by molar-refractivity contribution is -0.132. The van der Waals surface area contributed by atoms with Crippen molar-refractivity contribution in [1.82, 2.24) is 9.62 Å². The van der Waals surface area contributed by atoms with E-state index in [9.17, 15) is 13.2 Å². The van der Waals surface area contributed by atoms with Crippen LogP contribution in [0.25, 0.3) is 0 Å². The van der Waals surface area contributed by atoms with Crippen LogP contribution in [0.1, 0.15) is 12.5 Å². The largest absolute Gasteiger partial charge is 0.497 e. The molecule has 0 aromatic heterocycles. The van der Waals surface area contributed by atoms with Crippen LogP contribution < -0.4 is 14.4 Å². The number of ether oxygens (including phenoxy) is 1. The molecule has 4 rings (SSSR count). The Morgan fingerprint density at radius 3 is 2.40 bits per heavy atom. The van der Waals surface area contributed by atoms with Gasteiger partial charge in [0.25, 0.3) is 10.0 Å². The van der Waals surface area contributed by atoms with Crippen LogP contribution in [0.2, 0.25) is 0 Å². The first-order chi connectivity index (χ1) is 14.4. The maximum absolute atomic E-state index is 12.9. The summed E-state index contributed by atoms with van der Waals surface area (Å²) in [4.78, 5) is 21.5. The van der Waals surface area contributed by atoms with Crippen molar-refractivity contribution in [1.29, 1.82) is 0 Å². The number of carbonyl (C=O) groups is 1. The van der Waals surface area contributed by atoms with E-state index in [4.69, 9.17) is 4.74 Å². The van der Waals surface area contributed by atoms with Gasteiger partial charge in [0.2, 0.25) is 5.91 Å². The highest BCUT2D eigenvalue weighted by Crippen LogP contribution is 2.23. The van der Waals surface area contributed by atoms with Crippen molar-refractivity contribution in [2.75, 3.05) is 38.2 Å². The topological polar surface area (TPSA) is 91.3 Å². The van der Waals surface area contributed by atoms with E-state index in [1.54, 1.807) is 37.1 Å². The van der Waals surface area contributed by atoms with E-state index in [0.717, 1.165) is 24.5 Å². The normalized spacial score (nSPS) is 19.9. The predicted octanol–water partition coefficient (Wildman–Crippen LogP) is 1.47. The Labute approximate surface area is 176 Å². The summed E-state index contributed by atoms with van der Waals surface area (Å²) in [6.45, 7) is 4.30. The highest BCUT2D eigenvalue weighted by Gasteiger charge is 2.32. The highest BCUT2D eigenvalue weighted by molar-refractivity contribution is 7.90. The van der Waals surface area contributed by atoms with Gasteiger partial charge in [-0.3, -0.25) is 14.5 Å². The second kappa shape index (κ2) is 7.98. The lowest BCUT2D eigenvalue weighted by Gasteiger charge is -2.36. The molecular weight excluding hydrogens is 404 g/mol. The number of hydrogen-bond donors (Lipinski definition) is 1. The second-order valence-corrected chi connectivity index (χ2v) is 8.92. The number of anilines is 1. The molecule has 2 heterocycles. The van der Waals surface area contributed by atoms with Crippen LogP contribution >= 0.6 is 0 Å². The Hall–Kier alpha value is -3.07. The number of methoxy groups -OCH3 is 1. The van der Waals surface area contributed by atoms with Gasteiger partial charge in [-0.1, -0.05) is 12.1 Å². The monoisotopic (exact) mass is 428 g/mol. The average Bonchev–Trinajstić information content (AvgIpc) is 3.03. The molecule has 9 heteroatoms. The Bertz CT molecular complexity index is 1070. The minimum atomic E-state index is -3.62. The minimum absolute atomic E-state index is 0.111. The number of amides is 1. The molecule has 1 fully saturated rings. The van der Waals surface area contributed by atoms with Gasteiger partial charge >= 0.3 is 0 Å². The SMILES string of the molecule is COc1ccc(N2CCN(C(=O)[C@H](C)N=C3NS(=O)(=O)c4ccccc43)CC2)cc1. The molecule has 2 aromatic carbocycles. The molecule has 0 unspecified atom stereocenters. The molecule has 2 aliphatic heterocycles. The number of aliphatic imine (C=N–C) groups is 1. The number of carbonyl (C=O) groups excluding carboxylic acids is 1. The van der Waals surface area contributed by atoms with Gasteiger partial charge in [0.15, 0.2) is 0 Å². The van der Waals surface area contributed by atoms with Gasteiger partial charge in [0.1, 0.15) is 17.6 Å². The Morgan fingerprint density at radius 1 is 1.07 bits per heavy atom. The number of benzene rings is 2. The Morgan fingerprint density at radius 2 is 1.73 bits per heavy atom. The third-order valence-corrected chi connectivity index (χ3v) is 6.77. The maximum atomic E-state index is 12.9. The molecule has 1 saturated heterocycles. The summed E-state index contributed by atoms with van der Waals surface area (Å²) < 4.78 is 32.1. The van der Waals surface area contributed by atoms with Crippen LogP contribution in [0.5, 0.6) is 5.75 Å². The van der Waals surface area contributed by atoms with Crippen LogP contribution in [-0.4, -0.2) is 64.4 Å². The van der Waals surface area contributed by atoms with Crippen LogP contribution in [0.15, 0.2) is 58.4 Å². The third kappa shape index (κ3) is 3.85. The number of hydrogen-bond acceptors (Lipinski definition) is 6. The molecule has 8 nitrogen and oxygen atoms in total. The fourth-order valence-electron chi connectivity index (χ4n) is 3.72. The lowest BCUT2D eigenvalue weighted by atomic mass is 10.2. The minimum Gasteiger partial charge on any atom is -0.497 e. The van der Waals surface area contributed by atoms with E-state index in [2.05, 4.69) is 14.6 Å². The summed E-state index contributed by atoms with van der Waals surface area (Å²) in [5.74, 6) is 0.924. The van der Waals surface area contributed by atoms with E-state index in [1.165, 1.54) is 6.07 Å². The quantitative estimate of drug-likeness (QED) is 0.796. The molecule has 1 atom stereocenters. The molecule has 158 valence electrons. The van der Waals surface area contributed by atoms with Gasteiger partial charge in [0.05, 0.1) is 12.0 Å². The van der Waals surface area contributed by atoms with E-state index in [-0.39, 0.29) is 16.6 Å². The van der Waals surface area contributed by atoms with Gasteiger partial charge in [0, 0.05) is 37.4 Å². The number of fused-ring (bicyclic) bond motifs is 1. The molecular formula is C21H24N4O4S. The zero-order chi connectivity index (χ0) is 21.3. The number of amidine groups is 1. The van der Waals surface area contributed by atoms with Gasteiger partial charge in [-0.25, -0.2) is 8.42 Å². The molecule has 2 aliphatic rings. The van der Waals surface area contributed by atoms with Gasteiger partial charge in [-0.15, -0.1) is 0 Å². The predicted molar refractivity (Wildman–Crippen MR) is 115 cm³/mol. The molecule has 0 radical (unpaired) electrons. The zero-order valence-electron chi connectivity index (χ0n) is 16.9. The second-order valence-electron chi connectivity index (χ2n) is 7.27. The summed E-state index contributed by atoms with van der Waals surface area (Å²) in [5.41, 5.74) is 1.59. The number of sulfonamides is 1. The summed E-state index contributed by atoms with van der Waals surface area (Å²) >= 11 is 0. The van der Waals surface area contributed by atoms with Crippen LogP contribution in [0.4, 0.5) is 5.69 Å². The van der Waals surface area contributed by atoms with Crippen molar-refractivity contribution < 1.29 is 17.9 Å². The standard InChI is InChI=1S/C21H24N4O4S/c1-15(22-20-18-5-3-4-6-19(18)30(27,28)23-20)21(26)25-13-11-24(12-14-25)16-7-9-17(29-2)10-8-16/h3-10,15H,11-14H2,1-2H3,(H,22,23)/t15-/m0/s1. The summed E-state index contributed by atoms with van der Waals surface area (Å²) in [7, 11) is -1.98. The number of piperazine rings is 1. The first-order valence-corrected chi connectivity index (χ1v) is 11.2. The molecule has 0 saturated carbocycles. The molecule has 0 aliphatic carbocycles. The molecule has 30 heavy (non-hydrogen) atoms. The van der Waals surface area contributed by atoms with Crippen LogP contribution in [0, 0.1) is 0 Å². The Balaban J connectivity index is 1.41. The smallest absolute Gasteiger partial charge is 0.263 e. The molecule has 1 N–H and O–H groups in total. The fraction of sp³-hybridized carbons (Fsp3) is 0.333.